The van der Waals surface area contributed by atoms with Crippen LogP contribution in [0, 0.1) is 5.82 Å². The molecule has 38 heavy (non-hydrogen) atoms. The first-order chi connectivity index (χ1) is 18.4. The van der Waals surface area contributed by atoms with Crippen molar-refractivity contribution in [1.82, 2.24) is 5.32 Å². The van der Waals surface area contributed by atoms with Crippen LogP contribution in [0.1, 0.15) is 42.7 Å². The van der Waals surface area contributed by atoms with Crippen LogP contribution in [-0.2, 0) is 9.59 Å². The zero-order valence-corrected chi connectivity index (χ0v) is 21.5. The fourth-order valence-electron chi connectivity index (χ4n) is 5.50. The SMILES string of the molecule is COc1cccc([C@@H]2C(C(=O)Nc3ccccc3F)=C(C)NC3=C2C(=O)C[C@@H](c2ccccc2)C3)c1OC. The number of carbonyl (C=O) groups excluding carboxylic acids is 2. The Hall–Kier alpha value is -4.39. The third kappa shape index (κ3) is 4.56. The smallest absolute Gasteiger partial charge is 0.254 e. The van der Waals surface area contributed by atoms with Gasteiger partial charge >= 0.3 is 0 Å². The maximum absolute atomic E-state index is 14.4. The minimum atomic E-state index is -0.729. The van der Waals surface area contributed by atoms with E-state index >= 15 is 0 Å². The standard InChI is InChI=1S/C31H29FN2O4/c1-18-27(31(36)34-23-14-8-7-13-22(23)32)28(21-12-9-15-26(37-2)30(21)38-3)29-24(33-18)16-20(17-25(29)35)19-10-5-4-6-11-19/h4-15,20,28,33H,16-17H2,1-3H3,(H,34,36)/t20-,28+/m0/s1. The number of Topliss-reactive ketones (excluding diaryl/α,β-unsaturated/α-hetero) is 1. The second-order valence-corrected chi connectivity index (χ2v) is 9.44. The molecule has 0 radical (unpaired) electrons. The quantitative estimate of drug-likeness (QED) is 0.434. The third-order valence-electron chi connectivity index (χ3n) is 7.21. The Morgan fingerprint density at radius 3 is 2.39 bits per heavy atom. The second-order valence-electron chi connectivity index (χ2n) is 9.44. The van der Waals surface area contributed by atoms with Crippen molar-refractivity contribution < 1.29 is 23.5 Å². The van der Waals surface area contributed by atoms with Gasteiger partial charge in [-0.2, -0.15) is 0 Å². The Kier molecular flexibility index (Phi) is 7.01. The Morgan fingerprint density at radius 1 is 0.947 bits per heavy atom. The number of rotatable bonds is 6. The van der Waals surface area contributed by atoms with Gasteiger partial charge in [-0.15, -0.1) is 0 Å². The number of ketones is 1. The van der Waals surface area contributed by atoms with Crippen molar-refractivity contribution in [2.75, 3.05) is 19.5 Å². The van der Waals surface area contributed by atoms with Gasteiger partial charge in [-0.3, -0.25) is 9.59 Å². The number of amides is 1. The number of nitrogens with one attached hydrogen (secondary N) is 2. The van der Waals surface area contributed by atoms with Crippen LogP contribution in [0.4, 0.5) is 10.1 Å². The van der Waals surface area contributed by atoms with Gasteiger partial charge in [-0.05, 0) is 43.0 Å². The van der Waals surface area contributed by atoms with Crippen LogP contribution in [0.25, 0.3) is 0 Å². The molecular formula is C31H29FN2O4. The largest absolute Gasteiger partial charge is 0.493 e. The van der Waals surface area contributed by atoms with Crippen molar-refractivity contribution in [3.05, 3.63) is 112 Å². The van der Waals surface area contributed by atoms with Gasteiger partial charge in [0.25, 0.3) is 5.91 Å². The van der Waals surface area contributed by atoms with E-state index in [-0.39, 0.29) is 17.4 Å². The molecule has 5 rings (SSSR count). The molecule has 2 atom stereocenters. The minimum absolute atomic E-state index is 0.0180. The van der Waals surface area contributed by atoms with Crippen molar-refractivity contribution in [2.45, 2.75) is 31.6 Å². The van der Waals surface area contributed by atoms with E-state index in [9.17, 15) is 14.0 Å². The summed E-state index contributed by atoms with van der Waals surface area (Å²) in [5.74, 6) is -0.876. The average Bonchev–Trinajstić information content (AvgIpc) is 2.93. The van der Waals surface area contributed by atoms with Gasteiger partial charge in [-0.1, -0.05) is 54.6 Å². The number of dihydropyridines is 1. The predicted octanol–water partition coefficient (Wildman–Crippen LogP) is 5.84. The molecule has 1 heterocycles. The van der Waals surface area contributed by atoms with Crippen LogP contribution in [-0.4, -0.2) is 25.9 Å². The highest BCUT2D eigenvalue weighted by molar-refractivity contribution is 6.10. The molecule has 3 aromatic rings. The summed E-state index contributed by atoms with van der Waals surface area (Å²) in [7, 11) is 3.07. The van der Waals surface area contributed by atoms with Gasteiger partial charge in [0.1, 0.15) is 5.82 Å². The summed E-state index contributed by atoms with van der Waals surface area (Å²) >= 11 is 0. The summed E-state index contributed by atoms with van der Waals surface area (Å²) in [4.78, 5) is 27.6. The van der Waals surface area contributed by atoms with Crippen molar-refractivity contribution >= 4 is 17.4 Å². The molecule has 1 amide bonds. The summed E-state index contributed by atoms with van der Waals surface area (Å²) in [5.41, 5.74) is 4.00. The van der Waals surface area contributed by atoms with E-state index < -0.39 is 17.6 Å². The topological polar surface area (TPSA) is 76.7 Å². The van der Waals surface area contributed by atoms with E-state index in [2.05, 4.69) is 10.6 Å². The number of para-hydroxylation sites is 2. The molecular weight excluding hydrogens is 483 g/mol. The molecule has 1 aliphatic carbocycles. The molecule has 0 bridgehead atoms. The maximum atomic E-state index is 14.4. The minimum Gasteiger partial charge on any atom is -0.493 e. The average molecular weight is 513 g/mol. The number of methoxy groups -OCH3 is 2. The first-order valence-electron chi connectivity index (χ1n) is 12.5. The summed E-state index contributed by atoms with van der Waals surface area (Å²) in [5, 5.41) is 6.06. The predicted molar refractivity (Wildman–Crippen MR) is 144 cm³/mol. The van der Waals surface area contributed by atoms with E-state index in [0.717, 1.165) is 11.3 Å². The number of anilines is 1. The summed E-state index contributed by atoms with van der Waals surface area (Å²) in [6, 6.07) is 21.4. The molecule has 0 aromatic heterocycles. The number of hydrogen-bond donors (Lipinski definition) is 2. The Morgan fingerprint density at radius 2 is 1.68 bits per heavy atom. The molecule has 3 aromatic carbocycles. The normalized spacial score (nSPS) is 19.0. The zero-order valence-electron chi connectivity index (χ0n) is 21.5. The highest BCUT2D eigenvalue weighted by atomic mass is 19.1. The van der Waals surface area contributed by atoms with Crippen molar-refractivity contribution in [3.8, 4) is 11.5 Å². The Labute approximate surface area is 221 Å². The molecule has 2 aliphatic rings. The molecule has 7 heteroatoms. The van der Waals surface area contributed by atoms with Crippen LogP contribution < -0.4 is 20.1 Å². The highest BCUT2D eigenvalue weighted by Gasteiger charge is 2.42. The number of allylic oxidation sites excluding steroid dienone is 3. The molecule has 2 N–H and O–H groups in total. The fourth-order valence-corrected chi connectivity index (χ4v) is 5.50. The number of benzene rings is 3. The van der Waals surface area contributed by atoms with E-state index in [1.165, 1.54) is 26.4 Å². The summed E-state index contributed by atoms with van der Waals surface area (Å²) < 4.78 is 25.7. The van der Waals surface area contributed by atoms with E-state index in [1.807, 2.05) is 36.4 Å². The Bertz CT molecular complexity index is 1460. The first kappa shape index (κ1) is 25.3. The van der Waals surface area contributed by atoms with Gasteiger partial charge in [-0.25, -0.2) is 4.39 Å². The van der Waals surface area contributed by atoms with Gasteiger partial charge in [0.05, 0.1) is 25.8 Å². The van der Waals surface area contributed by atoms with Crippen LogP contribution >= 0.6 is 0 Å². The lowest BCUT2D eigenvalue weighted by Gasteiger charge is -2.37. The molecule has 0 spiro atoms. The molecule has 6 nitrogen and oxygen atoms in total. The molecule has 1 aliphatic heterocycles. The van der Waals surface area contributed by atoms with Crippen molar-refractivity contribution in [2.24, 2.45) is 0 Å². The van der Waals surface area contributed by atoms with E-state index in [4.69, 9.17) is 9.47 Å². The van der Waals surface area contributed by atoms with Crippen molar-refractivity contribution in [1.29, 1.82) is 0 Å². The zero-order chi connectivity index (χ0) is 26.8. The van der Waals surface area contributed by atoms with Crippen LogP contribution in [0.5, 0.6) is 11.5 Å². The van der Waals surface area contributed by atoms with Crippen LogP contribution in [0.2, 0.25) is 0 Å². The first-order valence-corrected chi connectivity index (χ1v) is 12.5. The van der Waals surface area contributed by atoms with Crippen molar-refractivity contribution in [3.63, 3.8) is 0 Å². The van der Waals surface area contributed by atoms with E-state index in [1.54, 1.807) is 31.2 Å². The second kappa shape index (κ2) is 10.5. The monoisotopic (exact) mass is 512 g/mol. The van der Waals surface area contributed by atoms with E-state index in [0.29, 0.717) is 46.7 Å². The summed E-state index contributed by atoms with van der Waals surface area (Å²) in [6.07, 6.45) is 0.933. The number of hydrogen-bond acceptors (Lipinski definition) is 5. The fraction of sp³-hybridized carbons (Fsp3) is 0.226. The molecule has 0 unspecified atom stereocenters. The van der Waals surface area contributed by atoms with Crippen LogP contribution in [0.3, 0.4) is 0 Å². The molecule has 0 saturated heterocycles. The van der Waals surface area contributed by atoms with Gasteiger partial charge in [0, 0.05) is 34.5 Å². The molecule has 194 valence electrons. The summed E-state index contributed by atoms with van der Waals surface area (Å²) in [6.45, 7) is 1.80. The molecule has 0 fully saturated rings. The number of carbonyl (C=O) groups is 2. The van der Waals surface area contributed by atoms with Gasteiger partial charge < -0.3 is 20.1 Å². The van der Waals surface area contributed by atoms with Gasteiger partial charge in [0.15, 0.2) is 17.3 Å². The van der Waals surface area contributed by atoms with Crippen LogP contribution in [0.15, 0.2) is 95.3 Å². The lowest BCUT2D eigenvalue weighted by Crippen LogP contribution is -2.37. The number of halogens is 1. The maximum Gasteiger partial charge on any atom is 0.254 e. The highest BCUT2D eigenvalue weighted by Crippen LogP contribution is 2.49. The lowest BCUT2D eigenvalue weighted by molar-refractivity contribution is -0.116. The van der Waals surface area contributed by atoms with Gasteiger partial charge in [0.2, 0.25) is 0 Å². The Balaban J connectivity index is 1.64. The lowest BCUT2D eigenvalue weighted by atomic mass is 9.71. The molecule has 0 saturated carbocycles. The number of ether oxygens (including phenoxy) is 2. The third-order valence-corrected chi connectivity index (χ3v) is 7.21.